The van der Waals surface area contributed by atoms with Crippen molar-refractivity contribution in [1.82, 2.24) is 14.7 Å². The summed E-state index contributed by atoms with van der Waals surface area (Å²) < 4.78 is 2.04. The maximum Gasteiger partial charge on any atom is 0.236 e. The Morgan fingerprint density at radius 1 is 1.67 bits per heavy atom. The summed E-state index contributed by atoms with van der Waals surface area (Å²) in [5, 5.41) is 5.12. The number of thiazole rings is 1. The molecule has 18 heavy (non-hydrogen) atoms. The van der Waals surface area contributed by atoms with Gasteiger partial charge in [0.2, 0.25) is 5.91 Å². The second-order valence-corrected chi connectivity index (χ2v) is 4.82. The summed E-state index contributed by atoms with van der Waals surface area (Å²) in [4.78, 5) is 18.5. The molecule has 98 valence electrons. The molecule has 0 aromatic carbocycles. The molecular weight excluding hydrogens is 250 g/mol. The molecule has 0 radical (unpaired) electrons. The van der Waals surface area contributed by atoms with Crippen molar-refractivity contribution < 1.29 is 4.79 Å². The lowest BCUT2D eigenvalue weighted by molar-refractivity contribution is -0.116. The first-order valence-electron chi connectivity index (χ1n) is 5.79. The highest BCUT2D eigenvalue weighted by atomic mass is 32.1. The molecule has 6 nitrogen and oxygen atoms in total. The molecule has 3 N–H and O–H groups in total. The normalized spacial score (nSPS) is 11.0. The van der Waals surface area contributed by atoms with Crippen molar-refractivity contribution in [2.24, 2.45) is 5.73 Å². The molecule has 1 amide bonds. The number of rotatable bonds is 6. The number of fused-ring (bicyclic) bond motifs is 1. The Labute approximate surface area is 109 Å². The van der Waals surface area contributed by atoms with E-state index in [1.807, 2.05) is 34.8 Å². The SMILES string of the molecule is CCN(CC(N)=O)c1nc2sccn2c1CNC. The van der Waals surface area contributed by atoms with Gasteiger partial charge in [-0.1, -0.05) is 0 Å². The molecule has 0 saturated carbocycles. The molecule has 2 aromatic rings. The van der Waals surface area contributed by atoms with Crippen LogP contribution in [0.2, 0.25) is 0 Å². The van der Waals surface area contributed by atoms with Gasteiger partial charge in [-0.05, 0) is 14.0 Å². The number of imidazole rings is 1. The molecule has 0 unspecified atom stereocenters. The number of carbonyl (C=O) groups is 1. The molecule has 0 aliphatic heterocycles. The molecule has 0 atom stereocenters. The van der Waals surface area contributed by atoms with Gasteiger partial charge in [-0.2, -0.15) is 0 Å². The monoisotopic (exact) mass is 267 g/mol. The maximum atomic E-state index is 11.1. The van der Waals surface area contributed by atoms with Gasteiger partial charge in [-0.3, -0.25) is 9.20 Å². The number of nitrogens with one attached hydrogen (secondary N) is 1. The van der Waals surface area contributed by atoms with E-state index in [0.717, 1.165) is 16.5 Å². The highest BCUT2D eigenvalue weighted by Crippen LogP contribution is 2.24. The zero-order valence-electron chi connectivity index (χ0n) is 10.5. The zero-order chi connectivity index (χ0) is 13.1. The van der Waals surface area contributed by atoms with E-state index in [1.54, 1.807) is 11.3 Å². The average Bonchev–Trinajstić information content (AvgIpc) is 2.89. The topological polar surface area (TPSA) is 75.7 Å². The molecule has 0 aliphatic rings. The van der Waals surface area contributed by atoms with Gasteiger partial charge in [-0.15, -0.1) is 11.3 Å². The van der Waals surface area contributed by atoms with Crippen molar-refractivity contribution >= 4 is 28.0 Å². The van der Waals surface area contributed by atoms with E-state index in [4.69, 9.17) is 5.73 Å². The average molecular weight is 267 g/mol. The Bertz CT molecular complexity index is 547. The van der Waals surface area contributed by atoms with Crippen molar-refractivity contribution in [2.45, 2.75) is 13.5 Å². The van der Waals surface area contributed by atoms with Gasteiger partial charge < -0.3 is 16.0 Å². The molecular formula is C11H17N5OS. The van der Waals surface area contributed by atoms with Crippen molar-refractivity contribution in [1.29, 1.82) is 0 Å². The summed E-state index contributed by atoms with van der Waals surface area (Å²) in [6.07, 6.45) is 1.99. The third kappa shape index (κ3) is 2.32. The van der Waals surface area contributed by atoms with Crippen LogP contribution in [0.5, 0.6) is 0 Å². The number of amides is 1. The van der Waals surface area contributed by atoms with Crippen LogP contribution in [0.1, 0.15) is 12.6 Å². The lowest BCUT2D eigenvalue weighted by Gasteiger charge is -2.20. The number of hydrogen-bond acceptors (Lipinski definition) is 5. The minimum Gasteiger partial charge on any atom is -0.368 e. The Morgan fingerprint density at radius 3 is 3.06 bits per heavy atom. The first kappa shape index (κ1) is 12.8. The summed E-state index contributed by atoms with van der Waals surface area (Å²) in [5.41, 5.74) is 6.32. The zero-order valence-corrected chi connectivity index (χ0v) is 11.3. The summed E-state index contributed by atoms with van der Waals surface area (Å²) in [6.45, 7) is 3.57. The second kappa shape index (κ2) is 5.36. The number of primary amides is 1. The molecule has 2 heterocycles. The number of hydrogen-bond donors (Lipinski definition) is 2. The molecule has 0 saturated heterocycles. The van der Waals surface area contributed by atoms with E-state index in [-0.39, 0.29) is 12.5 Å². The lowest BCUT2D eigenvalue weighted by Crippen LogP contribution is -2.34. The smallest absolute Gasteiger partial charge is 0.236 e. The third-order valence-corrected chi connectivity index (χ3v) is 3.47. The predicted molar refractivity (Wildman–Crippen MR) is 72.9 cm³/mol. The number of likely N-dealkylation sites (N-methyl/N-ethyl adjacent to an activating group) is 1. The summed E-state index contributed by atoms with van der Waals surface area (Å²) in [5.74, 6) is 0.487. The van der Waals surface area contributed by atoms with Gasteiger partial charge in [0, 0.05) is 24.7 Å². The first-order valence-corrected chi connectivity index (χ1v) is 6.67. The van der Waals surface area contributed by atoms with E-state index in [1.165, 1.54) is 0 Å². The van der Waals surface area contributed by atoms with Crippen LogP contribution >= 0.6 is 11.3 Å². The molecule has 7 heteroatoms. The fraction of sp³-hybridized carbons (Fsp3) is 0.455. The number of anilines is 1. The van der Waals surface area contributed by atoms with Crippen molar-refractivity contribution in [3.63, 3.8) is 0 Å². The van der Waals surface area contributed by atoms with Crippen LogP contribution in [0.3, 0.4) is 0 Å². The molecule has 2 aromatic heterocycles. The van der Waals surface area contributed by atoms with Crippen LogP contribution in [0.15, 0.2) is 11.6 Å². The molecule has 0 bridgehead atoms. The van der Waals surface area contributed by atoms with Crippen LogP contribution in [-0.2, 0) is 11.3 Å². The first-order chi connectivity index (χ1) is 8.67. The fourth-order valence-electron chi connectivity index (χ4n) is 1.93. The van der Waals surface area contributed by atoms with Crippen molar-refractivity contribution in [2.75, 3.05) is 25.0 Å². The van der Waals surface area contributed by atoms with Crippen molar-refractivity contribution in [3.8, 4) is 0 Å². The van der Waals surface area contributed by atoms with Gasteiger partial charge in [-0.25, -0.2) is 4.98 Å². The predicted octanol–water partition coefficient (Wildman–Crippen LogP) is 0.427. The van der Waals surface area contributed by atoms with Gasteiger partial charge in [0.1, 0.15) is 0 Å². The molecule has 0 fully saturated rings. The quantitative estimate of drug-likeness (QED) is 0.795. The third-order valence-electron chi connectivity index (χ3n) is 2.71. The minimum atomic E-state index is -0.344. The van der Waals surface area contributed by atoms with E-state index in [0.29, 0.717) is 13.1 Å². The fourth-order valence-corrected chi connectivity index (χ4v) is 2.66. The van der Waals surface area contributed by atoms with Crippen LogP contribution < -0.4 is 16.0 Å². The van der Waals surface area contributed by atoms with Gasteiger partial charge in [0.25, 0.3) is 0 Å². The van der Waals surface area contributed by atoms with E-state index < -0.39 is 0 Å². The second-order valence-electron chi connectivity index (χ2n) is 3.95. The molecule has 0 aliphatic carbocycles. The lowest BCUT2D eigenvalue weighted by atomic mass is 10.3. The largest absolute Gasteiger partial charge is 0.368 e. The van der Waals surface area contributed by atoms with Crippen LogP contribution in [-0.4, -0.2) is 35.4 Å². The standard InChI is InChI=1S/C11H17N5OS/c1-3-15(7-9(12)17)10-8(6-13-2)16-4-5-18-11(16)14-10/h4-5,13H,3,6-7H2,1-2H3,(H2,12,17). The number of aromatic nitrogens is 2. The minimum absolute atomic E-state index is 0.193. The van der Waals surface area contributed by atoms with E-state index in [9.17, 15) is 4.79 Å². The molecule has 0 spiro atoms. The maximum absolute atomic E-state index is 11.1. The van der Waals surface area contributed by atoms with E-state index in [2.05, 4.69) is 10.3 Å². The molecule has 2 rings (SSSR count). The van der Waals surface area contributed by atoms with Crippen LogP contribution in [0.4, 0.5) is 5.82 Å². The highest BCUT2D eigenvalue weighted by Gasteiger charge is 2.18. The van der Waals surface area contributed by atoms with Crippen molar-refractivity contribution in [3.05, 3.63) is 17.3 Å². The van der Waals surface area contributed by atoms with Gasteiger partial charge >= 0.3 is 0 Å². The number of carbonyl (C=O) groups excluding carboxylic acids is 1. The summed E-state index contributed by atoms with van der Waals surface area (Å²) in [6, 6.07) is 0. The Kier molecular flexibility index (Phi) is 3.83. The van der Waals surface area contributed by atoms with Crippen LogP contribution in [0, 0.1) is 0 Å². The van der Waals surface area contributed by atoms with E-state index >= 15 is 0 Å². The van der Waals surface area contributed by atoms with Gasteiger partial charge in [0.05, 0.1) is 12.2 Å². The summed E-state index contributed by atoms with van der Waals surface area (Å²) in [7, 11) is 1.89. The Balaban J connectivity index is 2.43. The highest BCUT2D eigenvalue weighted by molar-refractivity contribution is 7.15. The Morgan fingerprint density at radius 2 is 2.44 bits per heavy atom. The van der Waals surface area contributed by atoms with Gasteiger partial charge in [0.15, 0.2) is 10.8 Å². The number of nitrogens with zero attached hydrogens (tertiary/aromatic N) is 3. The Hall–Kier alpha value is -1.60. The van der Waals surface area contributed by atoms with Crippen LogP contribution in [0.25, 0.3) is 4.96 Å². The number of nitrogens with two attached hydrogens (primary N) is 1. The summed E-state index contributed by atoms with van der Waals surface area (Å²) >= 11 is 1.58.